The van der Waals surface area contributed by atoms with Gasteiger partial charge in [0.05, 0.1) is 16.7 Å². The molecule has 0 fully saturated rings. The summed E-state index contributed by atoms with van der Waals surface area (Å²) in [6.45, 7) is 17.3. The highest BCUT2D eigenvalue weighted by Gasteiger charge is 2.16. The van der Waals surface area contributed by atoms with Crippen molar-refractivity contribution in [3.05, 3.63) is 53.5 Å². The van der Waals surface area contributed by atoms with Crippen molar-refractivity contribution < 1.29 is 0 Å². The van der Waals surface area contributed by atoms with E-state index in [9.17, 15) is 0 Å². The van der Waals surface area contributed by atoms with Crippen LogP contribution in [0.15, 0.2) is 31.0 Å². The van der Waals surface area contributed by atoms with Gasteiger partial charge in [-0.3, -0.25) is 4.98 Å². The topological polar surface area (TPSA) is 30.7 Å². The second-order valence-electron chi connectivity index (χ2n) is 7.76. The summed E-state index contributed by atoms with van der Waals surface area (Å²) in [4.78, 5) is 10.00. The molecule has 0 bridgehead atoms. The van der Waals surface area contributed by atoms with E-state index in [1.807, 2.05) is 0 Å². The average molecular weight is 362 g/mol. The van der Waals surface area contributed by atoms with E-state index < -0.39 is 0 Å². The molecular formula is C24H31N3. The van der Waals surface area contributed by atoms with Crippen molar-refractivity contribution in [1.82, 2.24) is 14.5 Å². The molecule has 3 rings (SSSR count). The molecule has 3 nitrogen and oxygen atoms in total. The minimum absolute atomic E-state index is 0.432. The summed E-state index contributed by atoms with van der Waals surface area (Å²) in [7, 11) is 0. The Morgan fingerprint density at radius 2 is 1.85 bits per heavy atom. The summed E-state index contributed by atoms with van der Waals surface area (Å²) in [5.41, 5.74) is 10.2. The fourth-order valence-corrected chi connectivity index (χ4v) is 3.67. The zero-order valence-corrected chi connectivity index (χ0v) is 17.6. The van der Waals surface area contributed by atoms with E-state index in [4.69, 9.17) is 9.97 Å². The van der Waals surface area contributed by atoms with Crippen molar-refractivity contribution in [3.63, 3.8) is 0 Å². The fourth-order valence-electron chi connectivity index (χ4n) is 3.67. The molecule has 0 radical (unpaired) electrons. The van der Waals surface area contributed by atoms with E-state index in [1.165, 1.54) is 11.1 Å². The normalized spacial score (nSPS) is 11.5. The van der Waals surface area contributed by atoms with Gasteiger partial charge in [0.1, 0.15) is 0 Å². The smallest absolute Gasteiger partial charge is 0.0921 e. The number of hydrogen-bond donors (Lipinski definition) is 0. The molecule has 0 amide bonds. The summed E-state index contributed by atoms with van der Waals surface area (Å²) >= 11 is 0. The highest BCUT2D eigenvalue weighted by molar-refractivity contribution is 5.87. The zero-order chi connectivity index (χ0) is 19.7. The van der Waals surface area contributed by atoms with Crippen LogP contribution in [0.3, 0.4) is 0 Å². The Labute approximate surface area is 163 Å². The molecule has 0 aromatic carbocycles. The molecule has 0 saturated carbocycles. The lowest BCUT2D eigenvalue weighted by atomic mass is 10.0. The number of allylic oxidation sites excluding steroid dienone is 1. The maximum Gasteiger partial charge on any atom is 0.0921 e. The second kappa shape index (κ2) is 7.67. The Morgan fingerprint density at radius 3 is 2.48 bits per heavy atom. The molecule has 27 heavy (non-hydrogen) atoms. The van der Waals surface area contributed by atoms with Gasteiger partial charge in [-0.15, -0.1) is 0 Å². The van der Waals surface area contributed by atoms with Crippen LogP contribution in [0, 0.1) is 13.8 Å². The first-order valence-corrected chi connectivity index (χ1v) is 10.0. The number of aromatic nitrogens is 3. The first-order valence-electron chi connectivity index (χ1n) is 10.0. The van der Waals surface area contributed by atoms with Crippen LogP contribution in [0.1, 0.15) is 69.0 Å². The maximum atomic E-state index is 5.09. The van der Waals surface area contributed by atoms with E-state index >= 15 is 0 Å². The molecule has 0 aliphatic heterocycles. The van der Waals surface area contributed by atoms with E-state index in [2.05, 4.69) is 77.1 Å². The van der Waals surface area contributed by atoms with Crippen LogP contribution in [-0.2, 0) is 6.42 Å². The number of fused-ring (bicyclic) bond motifs is 1. The molecule has 142 valence electrons. The summed E-state index contributed by atoms with van der Waals surface area (Å²) < 4.78 is 2.21. The minimum atomic E-state index is 0.432. The summed E-state index contributed by atoms with van der Waals surface area (Å²) in [6.07, 6.45) is 5.16. The zero-order valence-electron chi connectivity index (χ0n) is 17.6. The first kappa shape index (κ1) is 19.3. The van der Waals surface area contributed by atoms with Gasteiger partial charge >= 0.3 is 0 Å². The van der Waals surface area contributed by atoms with Gasteiger partial charge in [-0.25, -0.2) is 4.98 Å². The van der Waals surface area contributed by atoms with Gasteiger partial charge in [0.15, 0.2) is 0 Å². The average Bonchev–Trinajstić information content (AvgIpc) is 2.96. The van der Waals surface area contributed by atoms with Crippen LogP contribution >= 0.6 is 0 Å². The standard InChI is InChI=1S/C24H31N3/c1-8-10-18(7)27-14-17(6)24-22(27)13-16(5)23(26-24)19-11-12-21(15(3)4)25-20(19)9-2/h11-15H,7-10H2,1-6H3. The van der Waals surface area contributed by atoms with E-state index in [-0.39, 0.29) is 0 Å². The minimum Gasteiger partial charge on any atom is -0.319 e. The molecule has 0 unspecified atom stereocenters. The van der Waals surface area contributed by atoms with Gasteiger partial charge in [0, 0.05) is 28.8 Å². The molecule has 0 spiro atoms. The molecule has 0 saturated heterocycles. The lowest BCUT2D eigenvalue weighted by Crippen LogP contribution is -2.02. The van der Waals surface area contributed by atoms with Gasteiger partial charge in [-0.2, -0.15) is 0 Å². The van der Waals surface area contributed by atoms with Crippen LogP contribution in [0.4, 0.5) is 0 Å². The first-order chi connectivity index (χ1) is 12.9. The van der Waals surface area contributed by atoms with E-state index in [1.54, 1.807) is 0 Å². The molecule has 3 heterocycles. The highest BCUT2D eigenvalue weighted by Crippen LogP contribution is 2.32. The Kier molecular flexibility index (Phi) is 5.50. The monoisotopic (exact) mass is 361 g/mol. The van der Waals surface area contributed by atoms with E-state index in [0.29, 0.717) is 5.92 Å². The third-order valence-corrected chi connectivity index (χ3v) is 5.21. The number of nitrogens with zero attached hydrogens (tertiary/aromatic N) is 3. The second-order valence-corrected chi connectivity index (χ2v) is 7.76. The van der Waals surface area contributed by atoms with Gasteiger partial charge in [0.2, 0.25) is 0 Å². The number of rotatable bonds is 6. The van der Waals surface area contributed by atoms with Gasteiger partial charge in [-0.05, 0) is 61.9 Å². The molecule has 3 aromatic heterocycles. The largest absolute Gasteiger partial charge is 0.319 e. The molecule has 0 atom stereocenters. The summed E-state index contributed by atoms with van der Waals surface area (Å²) in [5.74, 6) is 0.432. The Morgan fingerprint density at radius 1 is 1.11 bits per heavy atom. The Balaban J connectivity index is 2.18. The van der Waals surface area contributed by atoms with Crippen LogP contribution in [0.2, 0.25) is 0 Å². The SMILES string of the molecule is C=C(CCC)n1cc(C)c2nc(-c3ccc(C(C)C)nc3CC)c(C)cc21. The van der Waals surface area contributed by atoms with Gasteiger partial charge in [0.25, 0.3) is 0 Å². The van der Waals surface area contributed by atoms with Crippen LogP contribution in [0.25, 0.3) is 28.0 Å². The van der Waals surface area contributed by atoms with Gasteiger partial charge < -0.3 is 4.57 Å². The van der Waals surface area contributed by atoms with Crippen molar-refractivity contribution in [2.24, 2.45) is 0 Å². The van der Waals surface area contributed by atoms with Gasteiger partial charge in [-0.1, -0.05) is 40.7 Å². The van der Waals surface area contributed by atoms with E-state index in [0.717, 1.165) is 58.6 Å². The lowest BCUT2D eigenvalue weighted by Gasteiger charge is -2.14. The van der Waals surface area contributed by atoms with Crippen molar-refractivity contribution in [2.45, 2.75) is 66.7 Å². The number of pyridine rings is 2. The highest BCUT2D eigenvalue weighted by atomic mass is 15.0. The quantitative estimate of drug-likeness (QED) is 0.491. The Hall–Kier alpha value is -2.42. The van der Waals surface area contributed by atoms with Crippen molar-refractivity contribution >= 4 is 16.7 Å². The summed E-state index contributed by atoms with van der Waals surface area (Å²) in [6, 6.07) is 6.59. The predicted octanol–water partition coefficient (Wildman–Crippen LogP) is 6.67. The molecule has 3 heteroatoms. The molecular weight excluding hydrogens is 330 g/mol. The van der Waals surface area contributed by atoms with Crippen LogP contribution < -0.4 is 0 Å². The third kappa shape index (κ3) is 3.55. The maximum absolute atomic E-state index is 5.09. The van der Waals surface area contributed by atoms with Crippen LogP contribution in [-0.4, -0.2) is 14.5 Å². The van der Waals surface area contributed by atoms with Crippen molar-refractivity contribution in [2.75, 3.05) is 0 Å². The third-order valence-electron chi connectivity index (χ3n) is 5.21. The molecule has 0 N–H and O–H groups in total. The van der Waals surface area contributed by atoms with Crippen molar-refractivity contribution in [1.29, 1.82) is 0 Å². The van der Waals surface area contributed by atoms with Crippen molar-refractivity contribution in [3.8, 4) is 11.3 Å². The van der Waals surface area contributed by atoms with Crippen LogP contribution in [0.5, 0.6) is 0 Å². The lowest BCUT2D eigenvalue weighted by molar-refractivity contribution is 0.807. The predicted molar refractivity (Wildman–Crippen MR) is 116 cm³/mol. The molecule has 0 aliphatic rings. The Bertz CT molecular complexity index is 993. The molecule has 0 aliphatic carbocycles. The summed E-state index contributed by atoms with van der Waals surface area (Å²) in [5, 5.41) is 0. The molecule has 3 aromatic rings. The number of hydrogen-bond acceptors (Lipinski definition) is 2. The fraction of sp³-hybridized carbons (Fsp3) is 0.417. The number of aryl methyl sites for hydroxylation is 3.